The third-order valence-electron chi connectivity index (χ3n) is 4.42. The van der Waals surface area contributed by atoms with Crippen LogP contribution in [-0.2, 0) is 11.3 Å². The van der Waals surface area contributed by atoms with Gasteiger partial charge in [-0.05, 0) is 35.4 Å². The molecule has 3 rings (SSSR count). The lowest BCUT2D eigenvalue weighted by atomic mass is 10.0. The van der Waals surface area contributed by atoms with Gasteiger partial charge in [0.2, 0.25) is 5.91 Å². The quantitative estimate of drug-likeness (QED) is 0.595. The number of nitrogens with one attached hydrogen (secondary N) is 2. The minimum atomic E-state index is -0.520. The molecule has 0 bridgehead atoms. The Morgan fingerprint density at radius 1 is 0.897 bits per heavy atom. The molecule has 0 saturated carbocycles. The highest BCUT2D eigenvalue weighted by Crippen LogP contribution is 2.20. The summed E-state index contributed by atoms with van der Waals surface area (Å²) in [4.78, 5) is 25.2. The normalized spacial score (nSPS) is 11.5. The van der Waals surface area contributed by atoms with Gasteiger partial charge >= 0.3 is 0 Å². The first-order valence-corrected chi connectivity index (χ1v) is 9.52. The van der Waals surface area contributed by atoms with Gasteiger partial charge in [-0.15, -0.1) is 0 Å². The first-order valence-electron chi connectivity index (χ1n) is 9.14. The summed E-state index contributed by atoms with van der Waals surface area (Å²) in [6.45, 7) is 0.277. The first kappa shape index (κ1) is 20.6. The van der Waals surface area contributed by atoms with E-state index in [0.717, 1.165) is 11.1 Å². The topological polar surface area (TPSA) is 58.2 Å². The summed E-state index contributed by atoms with van der Waals surface area (Å²) in [7, 11) is 0. The average Bonchev–Trinajstić information content (AvgIpc) is 2.74. The van der Waals surface area contributed by atoms with Crippen LogP contribution in [0.3, 0.4) is 0 Å². The SMILES string of the molecule is O=C(C[C@H](NC(=O)c1ccccc1Cl)c1ccccc1)NCc1ccc(F)cc1. The Kier molecular flexibility index (Phi) is 6.98. The van der Waals surface area contributed by atoms with E-state index in [4.69, 9.17) is 11.6 Å². The monoisotopic (exact) mass is 410 g/mol. The van der Waals surface area contributed by atoms with Crippen LogP contribution in [0.4, 0.5) is 4.39 Å². The zero-order valence-corrected chi connectivity index (χ0v) is 16.3. The van der Waals surface area contributed by atoms with Crippen molar-refractivity contribution in [1.82, 2.24) is 10.6 Å². The fourth-order valence-electron chi connectivity index (χ4n) is 2.88. The highest BCUT2D eigenvalue weighted by atomic mass is 35.5. The van der Waals surface area contributed by atoms with Gasteiger partial charge in [0.15, 0.2) is 0 Å². The summed E-state index contributed by atoms with van der Waals surface area (Å²) in [5.41, 5.74) is 1.95. The largest absolute Gasteiger partial charge is 0.352 e. The number of carbonyl (C=O) groups excluding carboxylic acids is 2. The van der Waals surface area contributed by atoms with Crippen molar-refractivity contribution in [3.8, 4) is 0 Å². The standard InChI is InChI=1S/C23H20ClFN2O2/c24-20-9-5-4-8-19(20)23(29)27-21(17-6-2-1-3-7-17)14-22(28)26-15-16-10-12-18(25)13-11-16/h1-13,21H,14-15H2,(H,26,28)(H,27,29)/t21-/m0/s1. The van der Waals surface area contributed by atoms with E-state index >= 15 is 0 Å². The predicted octanol–water partition coefficient (Wildman–Crippen LogP) is 4.66. The smallest absolute Gasteiger partial charge is 0.253 e. The fourth-order valence-corrected chi connectivity index (χ4v) is 3.10. The fraction of sp³-hybridized carbons (Fsp3) is 0.130. The summed E-state index contributed by atoms with van der Waals surface area (Å²) in [5.74, 6) is -0.912. The van der Waals surface area contributed by atoms with Crippen molar-refractivity contribution < 1.29 is 14.0 Å². The number of halogens is 2. The Morgan fingerprint density at radius 2 is 1.55 bits per heavy atom. The lowest BCUT2D eigenvalue weighted by molar-refractivity contribution is -0.121. The maximum absolute atomic E-state index is 13.0. The molecule has 0 unspecified atom stereocenters. The van der Waals surface area contributed by atoms with E-state index in [9.17, 15) is 14.0 Å². The van der Waals surface area contributed by atoms with E-state index in [1.54, 1.807) is 36.4 Å². The van der Waals surface area contributed by atoms with E-state index in [1.807, 2.05) is 30.3 Å². The van der Waals surface area contributed by atoms with Crippen molar-refractivity contribution in [2.24, 2.45) is 0 Å². The maximum Gasteiger partial charge on any atom is 0.253 e. The predicted molar refractivity (Wildman–Crippen MR) is 111 cm³/mol. The van der Waals surface area contributed by atoms with E-state index in [-0.39, 0.29) is 30.6 Å². The molecular weight excluding hydrogens is 391 g/mol. The molecular formula is C23H20ClFN2O2. The first-order chi connectivity index (χ1) is 14.0. The summed E-state index contributed by atoms with van der Waals surface area (Å²) in [6, 6.07) is 21.4. The molecule has 2 N–H and O–H groups in total. The second-order valence-corrected chi connectivity index (χ2v) is 6.93. The number of amides is 2. The van der Waals surface area contributed by atoms with Gasteiger partial charge in [-0.25, -0.2) is 4.39 Å². The third kappa shape index (κ3) is 5.90. The number of hydrogen-bond acceptors (Lipinski definition) is 2. The Labute approximate surface area is 173 Å². The van der Waals surface area contributed by atoms with Crippen molar-refractivity contribution in [3.63, 3.8) is 0 Å². The maximum atomic E-state index is 13.0. The highest BCUT2D eigenvalue weighted by Gasteiger charge is 2.20. The molecule has 6 heteroatoms. The van der Waals surface area contributed by atoms with E-state index in [1.165, 1.54) is 12.1 Å². The van der Waals surface area contributed by atoms with Crippen LogP contribution in [-0.4, -0.2) is 11.8 Å². The molecule has 0 aliphatic carbocycles. The molecule has 0 aliphatic heterocycles. The van der Waals surface area contributed by atoms with Crippen LogP contribution in [0.15, 0.2) is 78.9 Å². The summed E-state index contributed by atoms with van der Waals surface area (Å²) in [6.07, 6.45) is 0.0569. The van der Waals surface area contributed by atoms with E-state index in [2.05, 4.69) is 10.6 Å². The van der Waals surface area contributed by atoms with Crippen LogP contribution in [0.25, 0.3) is 0 Å². The number of carbonyl (C=O) groups is 2. The second-order valence-electron chi connectivity index (χ2n) is 6.52. The van der Waals surface area contributed by atoms with Crippen molar-refractivity contribution in [3.05, 3.63) is 106 Å². The van der Waals surface area contributed by atoms with Gasteiger partial charge in [0.25, 0.3) is 5.91 Å². The van der Waals surface area contributed by atoms with Crippen molar-refractivity contribution in [2.45, 2.75) is 19.0 Å². The molecule has 0 spiro atoms. The minimum Gasteiger partial charge on any atom is -0.352 e. The molecule has 0 aromatic heterocycles. The summed E-state index contributed by atoms with van der Waals surface area (Å²) in [5, 5.41) is 6.04. The van der Waals surface area contributed by atoms with Crippen LogP contribution in [0.1, 0.15) is 33.9 Å². The Bertz CT molecular complexity index is 978. The Balaban J connectivity index is 1.69. The molecule has 0 heterocycles. The van der Waals surface area contributed by atoms with Gasteiger partial charge in [0, 0.05) is 6.54 Å². The van der Waals surface area contributed by atoms with Gasteiger partial charge in [-0.2, -0.15) is 0 Å². The van der Waals surface area contributed by atoms with Crippen molar-refractivity contribution >= 4 is 23.4 Å². The van der Waals surface area contributed by atoms with E-state index < -0.39 is 6.04 Å². The summed E-state index contributed by atoms with van der Waals surface area (Å²) >= 11 is 6.12. The van der Waals surface area contributed by atoms with Crippen LogP contribution < -0.4 is 10.6 Å². The minimum absolute atomic E-state index is 0.0569. The zero-order valence-electron chi connectivity index (χ0n) is 15.6. The molecule has 148 valence electrons. The van der Waals surface area contributed by atoms with Gasteiger partial charge in [-0.3, -0.25) is 9.59 Å². The molecule has 0 aliphatic rings. The molecule has 0 saturated heterocycles. The molecule has 0 radical (unpaired) electrons. The Hall–Kier alpha value is -3.18. The van der Waals surface area contributed by atoms with Gasteiger partial charge < -0.3 is 10.6 Å². The molecule has 29 heavy (non-hydrogen) atoms. The number of hydrogen-bond donors (Lipinski definition) is 2. The van der Waals surface area contributed by atoms with Crippen LogP contribution in [0, 0.1) is 5.82 Å². The van der Waals surface area contributed by atoms with Gasteiger partial charge in [0.1, 0.15) is 5.82 Å². The van der Waals surface area contributed by atoms with Crippen LogP contribution in [0.5, 0.6) is 0 Å². The van der Waals surface area contributed by atoms with Gasteiger partial charge in [-0.1, -0.05) is 66.2 Å². The van der Waals surface area contributed by atoms with Gasteiger partial charge in [0.05, 0.1) is 23.0 Å². The van der Waals surface area contributed by atoms with E-state index in [0.29, 0.717) is 10.6 Å². The highest BCUT2D eigenvalue weighted by molar-refractivity contribution is 6.33. The molecule has 3 aromatic carbocycles. The van der Waals surface area contributed by atoms with Crippen LogP contribution >= 0.6 is 11.6 Å². The van der Waals surface area contributed by atoms with Crippen molar-refractivity contribution in [1.29, 1.82) is 0 Å². The molecule has 3 aromatic rings. The molecule has 4 nitrogen and oxygen atoms in total. The lowest BCUT2D eigenvalue weighted by Crippen LogP contribution is -2.33. The lowest BCUT2D eigenvalue weighted by Gasteiger charge is -2.19. The average molecular weight is 411 g/mol. The second kappa shape index (κ2) is 9.85. The molecule has 0 fully saturated rings. The third-order valence-corrected chi connectivity index (χ3v) is 4.75. The van der Waals surface area contributed by atoms with Crippen LogP contribution in [0.2, 0.25) is 5.02 Å². The van der Waals surface area contributed by atoms with Crippen molar-refractivity contribution in [2.75, 3.05) is 0 Å². The molecule has 2 amide bonds. The zero-order chi connectivity index (χ0) is 20.6. The summed E-state index contributed by atoms with van der Waals surface area (Å²) < 4.78 is 13.0. The molecule has 1 atom stereocenters. The number of benzene rings is 3. The Morgan fingerprint density at radius 3 is 2.24 bits per heavy atom. The number of rotatable bonds is 7.